The number of primary amides is 1. The highest BCUT2D eigenvalue weighted by atomic mass is 16.6. The van der Waals surface area contributed by atoms with Crippen LogP contribution in [-0.2, 0) is 24.2 Å². The van der Waals surface area contributed by atoms with Crippen molar-refractivity contribution in [3.63, 3.8) is 0 Å². The van der Waals surface area contributed by atoms with Gasteiger partial charge in [-0.3, -0.25) is 9.36 Å². The summed E-state index contributed by atoms with van der Waals surface area (Å²) in [6.07, 6.45) is 0.210. The highest BCUT2D eigenvalue weighted by molar-refractivity contribution is 6.06. The van der Waals surface area contributed by atoms with Crippen LogP contribution in [0.15, 0.2) is 54.6 Å². The summed E-state index contributed by atoms with van der Waals surface area (Å²) in [5.41, 5.74) is 10.0. The van der Waals surface area contributed by atoms with Crippen LogP contribution in [0.25, 0.3) is 16.9 Å². The van der Waals surface area contributed by atoms with Gasteiger partial charge in [-0.1, -0.05) is 36.4 Å². The number of aryl methyl sites for hydroxylation is 1. The maximum Gasteiger partial charge on any atom is 0.410 e. The predicted octanol–water partition coefficient (Wildman–Crippen LogP) is 4.73. The molecule has 3 heterocycles. The number of hydrogen-bond donors (Lipinski definition) is 2. The van der Waals surface area contributed by atoms with Crippen molar-refractivity contribution < 1.29 is 14.3 Å². The molecule has 0 saturated heterocycles. The number of fused-ring (bicyclic) bond motifs is 2. The number of amides is 2. The third-order valence-corrected chi connectivity index (χ3v) is 6.50. The van der Waals surface area contributed by atoms with Gasteiger partial charge in [-0.05, 0) is 51.5 Å². The molecule has 1 aliphatic heterocycles. The van der Waals surface area contributed by atoms with E-state index in [-0.39, 0.29) is 6.09 Å². The first kappa shape index (κ1) is 25.3. The molecule has 9 heteroatoms. The number of benzene rings is 2. The molecule has 0 saturated carbocycles. The number of carbonyl (C=O) groups is 2. The third-order valence-electron chi connectivity index (χ3n) is 6.50. The van der Waals surface area contributed by atoms with Gasteiger partial charge in [0.1, 0.15) is 11.4 Å². The van der Waals surface area contributed by atoms with E-state index >= 15 is 0 Å². The molecule has 9 nitrogen and oxygen atoms in total. The number of anilines is 1. The molecule has 2 aromatic carbocycles. The Morgan fingerprint density at radius 2 is 1.84 bits per heavy atom. The molecule has 0 bridgehead atoms. The Labute approximate surface area is 221 Å². The second-order valence-corrected chi connectivity index (χ2v) is 10.5. The highest BCUT2D eigenvalue weighted by Crippen LogP contribution is 2.30. The maximum absolute atomic E-state index is 12.8. The first-order valence-corrected chi connectivity index (χ1v) is 12.7. The van der Waals surface area contributed by atoms with Crippen molar-refractivity contribution in [3.8, 4) is 5.95 Å². The van der Waals surface area contributed by atoms with Crippen molar-refractivity contribution in [3.05, 3.63) is 82.7 Å². The van der Waals surface area contributed by atoms with E-state index in [1.54, 1.807) is 11.0 Å². The zero-order valence-electron chi connectivity index (χ0n) is 22.1. The summed E-state index contributed by atoms with van der Waals surface area (Å²) in [6, 6.07) is 17.4. The number of aromatic nitrogens is 3. The lowest BCUT2D eigenvalue weighted by Gasteiger charge is -2.31. The summed E-state index contributed by atoms with van der Waals surface area (Å²) in [4.78, 5) is 36.5. The summed E-state index contributed by atoms with van der Waals surface area (Å²) < 4.78 is 7.56. The molecule has 0 spiro atoms. The molecule has 4 aromatic rings. The van der Waals surface area contributed by atoms with E-state index in [1.807, 2.05) is 80.8 Å². The van der Waals surface area contributed by atoms with Gasteiger partial charge in [-0.15, -0.1) is 0 Å². The number of carbonyl (C=O) groups excluding carboxylic acids is 2. The van der Waals surface area contributed by atoms with E-state index in [2.05, 4.69) is 5.32 Å². The van der Waals surface area contributed by atoms with Gasteiger partial charge in [-0.25, -0.2) is 9.78 Å². The van der Waals surface area contributed by atoms with Gasteiger partial charge in [0.15, 0.2) is 0 Å². The molecule has 196 valence electrons. The minimum absolute atomic E-state index is 0.346. The maximum atomic E-state index is 12.8. The van der Waals surface area contributed by atoms with E-state index in [1.165, 1.54) is 0 Å². The summed E-state index contributed by atoms with van der Waals surface area (Å²) in [7, 11) is 0. The highest BCUT2D eigenvalue weighted by Gasteiger charge is 2.29. The van der Waals surface area contributed by atoms with Crippen molar-refractivity contribution >= 4 is 28.7 Å². The molecule has 2 aromatic heterocycles. The standard InChI is InChI=1S/C29H32N6O3/c1-18-15-21-20(25(30)36)11-8-12-24(21)35(18)27-32-23-13-14-34(28(37)38-29(2,3)4)17-22(23)26(33-27)31-16-19-9-6-5-7-10-19/h5-12,15H,13-14,16-17H2,1-4H3,(H2,30,36)(H,31,32,33). The summed E-state index contributed by atoms with van der Waals surface area (Å²) >= 11 is 0. The Balaban J connectivity index is 1.58. The van der Waals surface area contributed by atoms with Gasteiger partial charge in [0, 0.05) is 41.7 Å². The van der Waals surface area contributed by atoms with Crippen LogP contribution in [0.5, 0.6) is 0 Å². The zero-order chi connectivity index (χ0) is 27.0. The van der Waals surface area contributed by atoms with Crippen LogP contribution in [0.1, 0.15) is 53.6 Å². The topological polar surface area (TPSA) is 115 Å². The normalized spacial score (nSPS) is 13.3. The number of nitrogens with one attached hydrogen (secondary N) is 1. The van der Waals surface area contributed by atoms with Crippen LogP contribution in [0, 0.1) is 6.92 Å². The van der Waals surface area contributed by atoms with Gasteiger partial charge >= 0.3 is 6.09 Å². The number of ether oxygens (including phenoxy) is 1. The van der Waals surface area contributed by atoms with Crippen molar-refractivity contribution in [2.45, 2.75) is 52.8 Å². The molecule has 1 aliphatic rings. The number of nitrogens with two attached hydrogens (primary N) is 1. The van der Waals surface area contributed by atoms with E-state index < -0.39 is 11.5 Å². The Bertz CT molecular complexity index is 1520. The van der Waals surface area contributed by atoms with Crippen molar-refractivity contribution in [2.24, 2.45) is 5.73 Å². The largest absolute Gasteiger partial charge is 0.444 e. The smallest absolute Gasteiger partial charge is 0.410 e. The Hall–Kier alpha value is -4.40. The lowest BCUT2D eigenvalue weighted by molar-refractivity contribution is 0.0223. The average molecular weight is 513 g/mol. The molecule has 0 atom stereocenters. The van der Waals surface area contributed by atoms with E-state index in [0.717, 1.165) is 33.4 Å². The van der Waals surface area contributed by atoms with Gasteiger partial charge < -0.3 is 20.7 Å². The minimum Gasteiger partial charge on any atom is -0.444 e. The average Bonchev–Trinajstić information content (AvgIpc) is 3.22. The van der Waals surface area contributed by atoms with Crippen molar-refractivity contribution in [1.82, 2.24) is 19.4 Å². The Morgan fingerprint density at radius 1 is 1.08 bits per heavy atom. The molecule has 0 radical (unpaired) electrons. The van der Waals surface area contributed by atoms with E-state index in [0.29, 0.717) is 43.4 Å². The van der Waals surface area contributed by atoms with Gasteiger partial charge in [-0.2, -0.15) is 4.98 Å². The van der Waals surface area contributed by atoms with Crippen LogP contribution < -0.4 is 11.1 Å². The predicted molar refractivity (Wildman–Crippen MR) is 146 cm³/mol. The number of hydrogen-bond acceptors (Lipinski definition) is 6. The molecule has 0 unspecified atom stereocenters. The first-order valence-electron chi connectivity index (χ1n) is 12.7. The fourth-order valence-corrected chi connectivity index (χ4v) is 4.75. The lowest BCUT2D eigenvalue weighted by Crippen LogP contribution is -2.40. The van der Waals surface area contributed by atoms with E-state index in [4.69, 9.17) is 20.4 Å². The van der Waals surface area contributed by atoms with Crippen molar-refractivity contribution in [1.29, 1.82) is 0 Å². The summed E-state index contributed by atoms with van der Waals surface area (Å²) in [5, 5.41) is 4.24. The SMILES string of the molecule is Cc1cc2c(C(N)=O)cccc2n1-c1nc2c(c(NCc3ccccc3)n1)CN(C(=O)OC(C)(C)C)CC2. The Kier molecular flexibility index (Phi) is 6.52. The van der Waals surface area contributed by atoms with Crippen LogP contribution in [0.3, 0.4) is 0 Å². The second-order valence-electron chi connectivity index (χ2n) is 10.5. The molecular formula is C29H32N6O3. The molecule has 2 amide bonds. The van der Waals surface area contributed by atoms with Gasteiger partial charge in [0.2, 0.25) is 11.9 Å². The molecule has 0 fully saturated rings. The molecule has 38 heavy (non-hydrogen) atoms. The minimum atomic E-state index is -0.580. The van der Waals surface area contributed by atoms with E-state index in [9.17, 15) is 9.59 Å². The molecule has 5 rings (SSSR count). The molecule has 3 N–H and O–H groups in total. The summed E-state index contributed by atoms with van der Waals surface area (Å²) in [6.45, 7) is 8.93. The number of nitrogens with zero attached hydrogens (tertiary/aromatic N) is 4. The Morgan fingerprint density at radius 3 is 2.55 bits per heavy atom. The fourth-order valence-electron chi connectivity index (χ4n) is 4.75. The van der Waals surface area contributed by atoms with Crippen molar-refractivity contribution in [2.75, 3.05) is 11.9 Å². The first-order chi connectivity index (χ1) is 18.1. The van der Waals surface area contributed by atoms with Crippen LogP contribution in [0.4, 0.5) is 10.6 Å². The monoisotopic (exact) mass is 512 g/mol. The number of rotatable bonds is 5. The van der Waals surface area contributed by atoms with Gasteiger partial charge in [0.05, 0.1) is 17.8 Å². The fraction of sp³-hybridized carbons (Fsp3) is 0.310. The third kappa shape index (κ3) is 5.04. The van der Waals surface area contributed by atoms with Gasteiger partial charge in [0.25, 0.3) is 0 Å². The molecular weight excluding hydrogens is 480 g/mol. The van der Waals surface area contributed by atoms with Crippen LogP contribution in [-0.4, -0.2) is 43.6 Å². The zero-order valence-corrected chi connectivity index (χ0v) is 22.1. The van der Waals surface area contributed by atoms with Crippen LogP contribution in [0.2, 0.25) is 0 Å². The lowest BCUT2D eigenvalue weighted by atomic mass is 10.1. The molecule has 0 aliphatic carbocycles. The second kappa shape index (κ2) is 9.81. The quantitative estimate of drug-likeness (QED) is 0.399. The van der Waals surface area contributed by atoms with Crippen LogP contribution >= 0.6 is 0 Å². The summed E-state index contributed by atoms with van der Waals surface area (Å²) in [5.74, 6) is 0.681.